The molecule has 0 aliphatic carbocycles. The fourth-order valence-electron chi connectivity index (χ4n) is 2.60. The molecule has 0 spiro atoms. The first-order valence-electron chi connectivity index (χ1n) is 8.35. The third-order valence-electron chi connectivity index (χ3n) is 4.26. The van der Waals surface area contributed by atoms with Crippen molar-refractivity contribution in [3.05, 3.63) is 59.2 Å². The summed E-state index contributed by atoms with van der Waals surface area (Å²) in [4.78, 5) is 21.7. The van der Waals surface area contributed by atoms with Crippen LogP contribution in [0.25, 0.3) is 10.2 Å². The first kappa shape index (κ1) is 20.4. The maximum Gasteiger partial charge on any atom is 0.260 e. The first-order valence-corrected chi connectivity index (χ1v) is 9.17. The summed E-state index contributed by atoms with van der Waals surface area (Å²) in [6.07, 6.45) is 0. The average molecular weight is 390 g/mol. The van der Waals surface area contributed by atoms with Crippen LogP contribution in [0, 0.1) is 13.8 Å². The normalized spacial score (nSPS) is 10.8. The van der Waals surface area contributed by atoms with Gasteiger partial charge in [-0.3, -0.25) is 9.69 Å². The predicted octanol–water partition coefficient (Wildman–Crippen LogP) is 4.54. The molecule has 138 valence electrons. The Kier molecular flexibility index (Phi) is 6.75. The highest BCUT2D eigenvalue weighted by Crippen LogP contribution is 2.31. The number of benzene rings is 2. The van der Waals surface area contributed by atoms with Crippen LogP contribution in [0.2, 0.25) is 0 Å². The average Bonchev–Trinajstić information content (AvgIpc) is 2.98. The fourth-order valence-corrected chi connectivity index (χ4v) is 3.67. The molecule has 0 N–H and O–H groups in total. The number of amides is 1. The minimum atomic E-state index is -0.00468. The molecule has 1 heterocycles. The zero-order valence-corrected chi connectivity index (χ0v) is 17.2. The molecule has 1 amide bonds. The van der Waals surface area contributed by atoms with E-state index in [-0.39, 0.29) is 18.3 Å². The van der Waals surface area contributed by atoms with Gasteiger partial charge in [-0.05, 0) is 63.3 Å². The topological polar surface area (TPSA) is 36.4 Å². The summed E-state index contributed by atoms with van der Waals surface area (Å²) in [7, 11) is 4.02. The van der Waals surface area contributed by atoms with Crippen LogP contribution < -0.4 is 4.90 Å². The number of rotatable bonds is 5. The van der Waals surface area contributed by atoms with Crippen LogP contribution >= 0.6 is 23.7 Å². The molecule has 0 aliphatic rings. The van der Waals surface area contributed by atoms with Gasteiger partial charge in [0.1, 0.15) is 0 Å². The number of hydrogen-bond donors (Lipinski definition) is 0. The van der Waals surface area contributed by atoms with Crippen molar-refractivity contribution in [2.45, 2.75) is 13.8 Å². The Morgan fingerprint density at radius 1 is 1.04 bits per heavy atom. The van der Waals surface area contributed by atoms with Crippen molar-refractivity contribution < 1.29 is 4.79 Å². The number of nitrogens with zero attached hydrogens (tertiary/aromatic N) is 3. The number of carbonyl (C=O) groups excluding carboxylic acids is 1. The minimum Gasteiger partial charge on any atom is -0.308 e. The third kappa shape index (κ3) is 4.41. The van der Waals surface area contributed by atoms with Crippen molar-refractivity contribution >= 4 is 45.0 Å². The zero-order valence-electron chi connectivity index (χ0n) is 15.5. The Balaban J connectivity index is 0.00000243. The number of hydrogen-bond acceptors (Lipinski definition) is 4. The van der Waals surface area contributed by atoms with Crippen LogP contribution in [0.3, 0.4) is 0 Å². The van der Waals surface area contributed by atoms with Crippen molar-refractivity contribution in [2.75, 3.05) is 32.1 Å². The van der Waals surface area contributed by atoms with Crippen molar-refractivity contribution in [3.63, 3.8) is 0 Å². The largest absolute Gasteiger partial charge is 0.308 e. The smallest absolute Gasteiger partial charge is 0.260 e. The Morgan fingerprint density at radius 2 is 1.69 bits per heavy atom. The number of halogens is 1. The van der Waals surface area contributed by atoms with Gasteiger partial charge in [0.15, 0.2) is 5.13 Å². The van der Waals surface area contributed by atoms with Crippen LogP contribution in [-0.2, 0) is 0 Å². The lowest BCUT2D eigenvalue weighted by molar-refractivity contribution is 0.0985. The number of likely N-dealkylation sites (N-methyl/N-ethyl adjacent to an activating group) is 1. The van der Waals surface area contributed by atoms with Gasteiger partial charge in [-0.25, -0.2) is 4.98 Å². The molecule has 0 saturated heterocycles. The Morgan fingerprint density at radius 3 is 2.35 bits per heavy atom. The summed E-state index contributed by atoms with van der Waals surface area (Å²) >= 11 is 1.58. The molecule has 0 aliphatic heterocycles. The summed E-state index contributed by atoms with van der Waals surface area (Å²) in [6, 6.07) is 13.7. The van der Waals surface area contributed by atoms with Gasteiger partial charge in [0, 0.05) is 18.7 Å². The molecule has 4 nitrogen and oxygen atoms in total. The molecule has 0 unspecified atom stereocenters. The molecule has 1 aromatic heterocycles. The standard InChI is InChI=1S/C20H23N3OS.ClH/c1-14-12-17-18(13-15(14)2)25-20(21-17)23(11-10-22(3)4)19(24)16-8-6-5-7-9-16;/h5-9,12-13H,10-11H2,1-4H3;1H. The molecule has 0 atom stereocenters. The maximum absolute atomic E-state index is 13.0. The number of aromatic nitrogens is 1. The zero-order chi connectivity index (χ0) is 18.0. The van der Waals surface area contributed by atoms with E-state index < -0.39 is 0 Å². The van der Waals surface area contributed by atoms with E-state index in [4.69, 9.17) is 4.98 Å². The van der Waals surface area contributed by atoms with Gasteiger partial charge >= 0.3 is 0 Å². The molecular formula is C20H24ClN3OS. The lowest BCUT2D eigenvalue weighted by Gasteiger charge is -2.22. The summed E-state index contributed by atoms with van der Waals surface area (Å²) in [5.41, 5.74) is 4.11. The summed E-state index contributed by atoms with van der Waals surface area (Å²) in [6.45, 7) is 5.59. The minimum absolute atomic E-state index is 0. The van der Waals surface area contributed by atoms with Crippen molar-refractivity contribution in [2.24, 2.45) is 0 Å². The van der Waals surface area contributed by atoms with E-state index in [1.807, 2.05) is 44.4 Å². The number of carbonyl (C=O) groups is 1. The third-order valence-corrected chi connectivity index (χ3v) is 5.30. The van der Waals surface area contributed by atoms with Crippen LogP contribution in [0.1, 0.15) is 21.5 Å². The molecule has 3 rings (SSSR count). The highest BCUT2D eigenvalue weighted by molar-refractivity contribution is 7.22. The summed E-state index contributed by atoms with van der Waals surface area (Å²) < 4.78 is 1.12. The lowest BCUT2D eigenvalue weighted by Crippen LogP contribution is -2.36. The molecule has 3 aromatic rings. The van der Waals surface area contributed by atoms with Gasteiger partial charge in [-0.2, -0.15) is 0 Å². The summed E-state index contributed by atoms with van der Waals surface area (Å²) in [5, 5.41) is 0.760. The molecular weight excluding hydrogens is 366 g/mol. The molecule has 0 bridgehead atoms. The van der Waals surface area contributed by atoms with Gasteiger partial charge in [0.2, 0.25) is 0 Å². The molecule has 0 fully saturated rings. The van der Waals surface area contributed by atoms with Gasteiger partial charge < -0.3 is 4.90 Å². The highest BCUT2D eigenvalue weighted by Gasteiger charge is 2.21. The van der Waals surface area contributed by atoms with E-state index in [0.29, 0.717) is 12.1 Å². The highest BCUT2D eigenvalue weighted by atomic mass is 35.5. The van der Waals surface area contributed by atoms with Gasteiger partial charge in [0.25, 0.3) is 5.91 Å². The molecule has 0 saturated carbocycles. The number of fused-ring (bicyclic) bond motifs is 1. The van der Waals surface area contributed by atoms with Gasteiger partial charge in [-0.1, -0.05) is 29.5 Å². The van der Waals surface area contributed by atoms with Crippen molar-refractivity contribution in [1.29, 1.82) is 0 Å². The maximum atomic E-state index is 13.0. The number of thiazole rings is 1. The van der Waals surface area contributed by atoms with Gasteiger partial charge in [0.05, 0.1) is 10.2 Å². The number of anilines is 1. The van der Waals surface area contributed by atoms with Crippen LogP contribution in [-0.4, -0.2) is 43.0 Å². The van der Waals surface area contributed by atoms with E-state index in [0.717, 1.165) is 21.9 Å². The Labute approximate surface area is 164 Å². The Hall–Kier alpha value is -1.95. The number of aryl methyl sites for hydroxylation is 2. The quantitative estimate of drug-likeness (QED) is 0.642. The molecule has 26 heavy (non-hydrogen) atoms. The van der Waals surface area contributed by atoms with E-state index in [9.17, 15) is 4.79 Å². The van der Waals surface area contributed by atoms with E-state index in [2.05, 4.69) is 30.9 Å². The second kappa shape index (κ2) is 8.62. The van der Waals surface area contributed by atoms with Crippen molar-refractivity contribution in [3.8, 4) is 0 Å². The second-order valence-corrected chi connectivity index (χ2v) is 7.54. The predicted molar refractivity (Wildman–Crippen MR) is 113 cm³/mol. The first-order chi connectivity index (χ1) is 12.0. The lowest BCUT2D eigenvalue weighted by atomic mass is 10.1. The SMILES string of the molecule is Cc1cc2nc(N(CCN(C)C)C(=O)c3ccccc3)sc2cc1C.Cl. The van der Waals surface area contributed by atoms with Gasteiger partial charge in [-0.15, -0.1) is 12.4 Å². The van der Waals surface area contributed by atoms with E-state index in [1.165, 1.54) is 11.1 Å². The monoisotopic (exact) mass is 389 g/mol. The Bertz CT molecular complexity index is 854. The van der Waals surface area contributed by atoms with Crippen LogP contribution in [0.5, 0.6) is 0 Å². The fraction of sp³-hybridized carbons (Fsp3) is 0.300. The van der Waals surface area contributed by atoms with E-state index >= 15 is 0 Å². The molecule has 2 aromatic carbocycles. The van der Waals surface area contributed by atoms with E-state index in [1.54, 1.807) is 16.2 Å². The second-order valence-electron chi connectivity index (χ2n) is 6.53. The molecule has 6 heteroatoms. The summed E-state index contributed by atoms with van der Waals surface area (Å²) in [5.74, 6) is -0.00468. The van der Waals surface area contributed by atoms with Crippen LogP contribution in [0.4, 0.5) is 5.13 Å². The molecule has 0 radical (unpaired) electrons. The van der Waals surface area contributed by atoms with Crippen molar-refractivity contribution in [1.82, 2.24) is 9.88 Å². The van der Waals surface area contributed by atoms with Crippen LogP contribution in [0.15, 0.2) is 42.5 Å².